The summed E-state index contributed by atoms with van der Waals surface area (Å²) in [4.78, 5) is 2.30. The highest BCUT2D eigenvalue weighted by atomic mass is 16.5. The number of nitrogens with zero attached hydrogens (tertiary/aromatic N) is 1. The van der Waals surface area contributed by atoms with Gasteiger partial charge < -0.3 is 15.0 Å². The fourth-order valence-corrected chi connectivity index (χ4v) is 3.32. The quantitative estimate of drug-likeness (QED) is 0.795. The number of methoxy groups -OCH3 is 1. The van der Waals surface area contributed by atoms with Crippen molar-refractivity contribution in [2.45, 2.75) is 37.8 Å². The number of benzene rings is 1. The first-order chi connectivity index (χ1) is 10.2. The van der Waals surface area contributed by atoms with Gasteiger partial charge in [-0.2, -0.15) is 0 Å². The highest BCUT2D eigenvalue weighted by Crippen LogP contribution is 2.44. The largest absolute Gasteiger partial charge is 0.497 e. The third-order valence-corrected chi connectivity index (χ3v) is 4.91. The predicted molar refractivity (Wildman–Crippen MR) is 86.7 cm³/mol. The van der Waals surface area contributed by atoms with E-state index in [1.54, 1.807) is 7.11 Å². The molecule has 1 atom stereocenters. The Labute approximate surface area is 128 Å². The van der Waals surface area contributed by atoms with E-state index in [0.717, 1.165) is 30.2 Å². The molecule has 0 aliphatic heterocycles. The summed E-state index contributed by atoms with van der Waals surface area (Å²) in [6, 6.07) is 9.64. The first kappa shape index (κ1) is 14.9. The molecule has 116 valence electrons. The van der Waals surface area contributed by atoms with Crippen LogP contribution in [0.3, 0.4) is 0 Å². The van der Waals surface area contributed by atoms with Gasteiger partial charge in [-0.05, 0) is 69.3 Å². The molecule has 0 bridgehead atoms. The molecule has 2 saturated carbocycles. The summed E-state index contributed by atoms with van der Waals surface area (Å²) >= 11 is 0. The Morgan fingerprint density at radius 1 is 1.19 bits per heavy atom. The Balaban J connectivity index is 1.65. The minimum Gasteiger partial charge on any atom is -0.497 e. The van der Waals surface area contributed by atoms with Gasteiger partial charge in [0.2, 0.25) is 0 Å². The van der Waals surface area contributed by atoms with E-state index >= 15 is 0 Å². The van der Waals surface area contributed by atoms with Gasteiger partial charge in [0, 0.05) is 18.6 Å². The smallest absolute Gasteiger partial charge is 0.119 e. The van der Waals surface area contributed by atoms with Crippen molar-refractivity contribution in [3.8, 4) is 5.75 Å². The van der Waals surface area contributed by atoms with Crippen molar-refractivity contribution in [3.05, 3.63) is 29.8 Å². The Morgan fingerprint density at radius 3 is 2.38 bits per heavy atom. The highest BCUT2D eigenvalue weighted by Gasteiger charge is 2.41. The molecule has 0 amide bonds. The molecule has 21 heavy (non-hydrogen) atoms. The monoisotopic (exact) mass is 288 g/mol. The van der Waals surface area contributed by atoms with Crippen LogP contribution in [0.2, 0.25) is 0 Å². The molecular weight excluding hydrogens is 260 g/mol. The SMILES string of the molecule is COc1cccc(C(CNC(C2CC2)C2CC2)N(C)C)c1. The zero-order chi connectivity index (χ0) is 14.8. The molecule has 0 aromatic heterocycles. The fraction of sp³-hybridized carbons (Fsp3) is 0.667. The van der Waals surface area contributed by atoms with Gasteiger partial charge in [-0.1, -0.05) is 12.1 Å². The number of rotatable bonds is 8. The summed E-state index contributed by atoms with van der Waals surface area (Å²) in [6.07, 6.45) is 5.72. The molecular formula is C18H28N2O. The van der Waals surface area contributed by atoms with Crippen LogP contribution in [0, 0.1) is 11.8 Å². The van der Waals surface area contributed by atoms with E-state index in [9.17, 15) is 0 Å². The van der Waals surface area contributed by atoms with Crippen LogP contribution in [0.15, 0.2) is 24.3 Å². The van der Waals surface area contributed by atoms with Crippen molar-refractivity contribution in [1.29, 1.82) is 0 Å². The molecule has 1 aromatic rings. The zero-order valence-electron chi connectivity index (χ0n) is 13.5. The molecule has 0 radical (unpaired) electrons. The van der Waals surface area contributed by atoms with E-state index in [1.807, 2.05) is 6.07 Å². The first-order valence-electron chi connectivity index (χ1n) is 8.23. The Morgan fingerprint density at radius 2 is 1.86 bits per heavy atom. The second-order valence-corrected chi connectivity index (χ2v) is 6.86. The van der Waals surface area contributed by atoms with Gasteiger partial charge in [-0.3, -0.25) is 0 Å². The van der Waals surface area contributed by atoms with Gasteiger partial charge in [0.25, 0.3) is 0 Å². The van der Waals surface area contributed by atoms with Crippen molar-refractivity contribution in [2.24, 2.45) is 11.8 Å². The lowest BCUT2D eigenvalue weighted by Crippen LogP contribution is -2.39. The summed E-state index contributed by atoms with van der Waals surface area (Å²) < 4.78 is 5.37. The van der Waals surface area contributed by atoms with Gasteiger partial charge in [0.05, 0.1) is 7.11 Å². The zero-order valence-corrected chi connectivity index (χ0v) is 13.5. The molecule has 1 aromatic carbocycles. The Bertz CT molecular complexity index is 454. The first-order valence-corrected chi connectivity index (χ1v) is 8.23. The topological polar surface area (TPSA) is 24.5 Å². The van der Waals surface area contributed by atoms with E-state index in [-0.39, 0.29) is 0 Å². The summed E-state index contributed by atoms with van der Waals surface area (Å²) in [5, 5.41) is 3.88. The van der Waals surface area contributed by atoms with E-state index in [1.165, 1.54) is 31.2 Å². The molecule has 0 spiro atoms. The molecule has 3 heteroatoms. The van der Waals surface area contributed by atoms with Crippen LogP contribution >= 0.6 is 0 Å². The third-order valence-electron chi connectivity index (χ3n) is 4.91. The van der Waals surface area contributed by atoms with Crippen molar-refractivity contribution in [1.82, 2.24) is 10.2 Å². The molecule has 2 aliphatic carbocycles. The second-order valence-electron chi connectivity index (χ2n) is 6.86. The van der Waals surface area contributed by atoms with Crippen molar-refractivity contribution in [3.63, 3.8) is 0 Å². The van der Waals surface area contributed by atoms with Gasteiger partial charge in [0.1, 0.15) is 5.75 Å². The predicted octanol–water partition coefficient (Wildman–Crippen LogP) is 3.08. The molecule has 3 rings (SSSR count). The van der Waals surface area contributed by atoms with E-state index in [4.69, 9.17) is 4.74 Å². The summed E-state index contributed by atoms with van der Waals surface area (Å²) in [5.41, 5.74) is 1.33. The fourth-order valence-electron chi connectivity index (χ4n) is 3.32. The molecule has 0 saturated heterocycles. The second kappa shape index (κ2) is 6.37. The molecule has 1 unspecified atom stereocenters. The summed E-state index contributed by atoms with van der Waals surface area (Å²) in [5.74, 6) is 2.84. The van der Waals surface area contributed by atoms with Crippen LogP contribution in [0.5, 0.6) is 5.75 Å². The molecule has 1 N–H and O–H groups in total. The number of nitrogens with one attached hydrogen (secondary N) is 1. The van der Waals surface area contributed by atoms with E-state index < -0.39 is 0 Å². The molecule has 3 nitrogen and oxygen atoms in total. The van der Waals surface area contributed by atoms with Gasteiger partial charge in [0.15, 0.2) is 0 Å². The number of hydrogen-bond donors (Lipinski definition) is 1. The Hall–Kier alpha value is -1.06. The van der Waals surface area contributed by atoms with Crippen LogP contribution in [-0.4, -0.2) is 38.7 Å². The van der Waals surface area contributed by atoms with Gasteiger partial charge in [-0.15, -0.1) is 0 Å². The van der Waals surface area contributed by atoms with E-state index in [2.05, 4.69) is 42.5 Å². The minimum absolute atomic E-state index is 0.403. The van der Waals surface area contributed by atoms with Crippen LogP contribution < -0.4 is 10.1 Å². The third kappa shape index (κ3) is 3.78. The number of likely N-dealkylation sites (N-methyl/N-ethyl adjacent to an activating group) is 1. The summed E-state index contributed by atoms with van der Waals surface area (Å²) in [7, 11) is 6.06. The van der Waals surface area contributed by atoms with E-state index in [0.29, 0.717) is 6.04 Å². The maximum Gasteiger partial charge on any atom is 0.119 e. The maximum absolute atomic E-state index is 5.37. The number of ether oxygens (including phenoxy) is 1. The molecule has 2 aliphatic rings. The average Bonchev–Trinajstić information content (AvgIpc) is 3.37. The average molecular weight is 288 g/mol. The normalized spacial score (nSPS) is 20.0. The minimum atomic E-state index is 0.403. The van der Waals surface area contributed by atoms with Crippen molar-refractivity contribution >= 4 is 0 Å². The Kier molecular flexibility index (Phi) is 4.51. The van der Waals surface area contributed by atoms with Crippen molar-refractivity contribution < 1.29 is 4.74 Å². The highest BCUT2D eigenvalue weighted by molar-refractivity contribution is 5.30. The lowest BCUT2D eigenvalue weighted by atomic mass is 10.0. The lowest BCUT2D eigenvalue weighted by molar-refractivity contribution is 0.267. The van der Waals surface area contributed by atoms with Gasteiger partial charge in [-0.25, -0.2) is 0 Å². The summed E-state index contributed by atoms with van der Waals surface area (Å²) in [6.45, 7) is 1.03. The van der Waals surface area contributed by atoms with Crippen LogP contribution in [0.4, 0.5) is 0 Å². The molecule has 2 fully saturated rings. The van der Waals surface area contributed by atoms with Gasteiger partial charge >= 0.3 is 0 Å². The number of hydrogen-bond acceptors (Lipinski definition) is 3. The van der Waals surface area contributed by atoms with Crippen LogP contribution in [0.1, 0.15) is 37.3 Å². The molecule has 0 heterocycles. The van der Waals surface area contributed by atoms with Crippen molar-refractivity contribution in [2.75, 3.05) is 27.7 Å². The van der Waals surface area contributed by atoms with Crippen LogP contribution in [-0.2, 0) is 0 Å². The lowest BCUT2D eigenvalue weighted by Gasteiger charge is -2.28. The standard InChI is InChI=1S/C18H28N2O/c1-20(2)17(15-5-4-6-16(11-15)21-3)12-19-18(13-7-8-13)14-9-10-14/h4-6,11,13-14,17-19H,7-10,12H2,1-3H3. The van der Waals surface area contributed by atoms with Crippen LogP contribution in [0.25, 0.3) is 0 Å². The maximum atomic E-state index is 5.37.